The molecule has 6 heteroatoms. The van der Waals surface area contributed by atoms with Gasteiger partial charge in [-0.3, -0.25) is 0 Å². The number of aromatic amines is 1. The van der Waals surface area contributed by atoms with Crippen LogP contribution >= 0.6 is 0 Å². The molecule has 13 heavy (non-hydrogen) atoms. The molecule has 3 aromatic heterocycles. The van der Waals surface area contributed by atoms with Gasteiger partial charge in [0.1, 0.15) is 5.52 Å². The number of nitrogens with zero attached hydrogens (tertiary/aromatic N) is 5. The summed E-state index contributed by atoms with van der Waals surface area (Å²) < 4.78 is 0. The van der Waals surface area contributed by atoms with Gasteiger partial charge in [-0.25, -0.2) is 4.98 Å². The number of nitrogens with one attached hydrogen (secondary N) is 1. The Hall–Kier alpha value is -2.11. The summed E-state index contributed by atoms with van der Waals surface area (Å²) >= 11 is 0. The lowest BCUT2D eigenvalue weighted by Crippen LogP contribution is -1.86. The highest BCUT2D eigenvalue weighted by Gasteiger charge is 2.02. The predicted molar refractivity (Wildman–Crippen MR) is 44.8 cm³/mol. The Morgan fingerprint density at radius 2 is 2.15 bits per heavy atom. The van der Waals surface area contributed by atoms with Crippen molar-refractivity contribution in [1.29, 1.82) is 0 Å². The maximum absolute atomic E-state index is 4.16. The number of rotatable bonds is 0. The van der Waals surface area contributed by atoms with Crippen LogP contribution in [0, 0.1) is 0 Å². The lowest BCUT2D eigenvalue weighted by atomic mass is 10.3. The molecular weight excluding hydrogens is 168 g/mol. The molecule has 0 amide bonds. The summed E-state index contributed by atoms with van der Waals surface area (Å²) in [6, 6.07) is 3.71. The van der Waals surface area contributed by atoms with Gasteiger partial charge in [0.25, 0.3) is 0 Å². The van der Waals surface area contributed by atoms with Crippen LogP contribution in [0.4, 0.5) is 0 Å². The van der Waals surface area contributed by atoms with Crippen LogP contribution in [0.3, 0.4) is 0 Å². The van der Waals surface area contributed by atoms with E-state index in [1.54, 1.807) is 6.20 Å². The van der Waals surface area contributed by atoms with Gasteiger partial charge in [0.15, 0.2) is 5.65 Å². The second-order valence-corrected chi connectivity index (χ2v) is 2.60. The van der Waals surface area contributed by atoms with Crippen molar-refractivity contribution >= 4 is 22.2 Å². The van der Waals surface area contributed by atoms with E-state index in [9.17, 15) is 0 Å². The summed E-state index contributed by atoms with van der Waals surface area (Å²) in [5.74, 6) is 0. The molecule has 0 aromatic carbocycles. The number of fused-ring (bicyclic) bond motifs is 2. The number of hydrogen-bond acceptors (Lipinski definition) is 5. The monoisotopic (exact) mass is 172 g/mol. The van der Waals surface area contributed by atoms with E-state index in [1.165, 1.54) is 0 Å². The summed E-state index contributed by atoms with van der Waals surface area (Å²) in [5.41, 5.74) is 1.89. The highest BCUT2D eigenvalue weighted by molar-refractivity contribution is 5.85. The van der Waals surface area contributed by atoms with E-state index in [0.29, 0.717) is 11.3 Å². The van der Waals surface area contributed by atoms with Gasteiger partial charge in [0, 0.05) is 5.39 Å². The maximum atomic E-state index is 4.16. The molecular formula is C7H4N6. The third-order valence-corrected chi connectivity index (χ3v) is 1.79. The highest BCUT2D eigenvalue weighted by atomic mass is 15.3. The van der Waals surface area contributed by atoms with E-state index in [4.69, 9.17) is 0 Å². The second-order valence-electron chi connectivity index (χ2n) is 2.60. The summed E-state index contributed by atoms with van der Waals surface area (Å²) in [4.78, 5) is 4.16. The van der Waals surface area contributed by atoms with Crippen molar-refractivity contribution in [3.05, 3.63) is 18.3 Å². The second kappa shape index (κ2) is 2.19. The molecule has 0 aliphatic rings. The van der Waals surface area contributed by atoms with E-state index in [1.807, 2.05) is 12.1 Å². The SMILES string of the molecule is c1cc2cc3n[nH]nc3nc2nn1. The standard InChI is InChI=1S/C7H4N6/c1-2-8-11-6-4(1)3-5-7(9-6)12-13-10-5/h1-3H,(H,9,10,11,12,13). The summed E-state index contributed by atoms with van der Waals surface area (Å²) in [6.07, 6.45) is 1.62. The first-order valence-corrected chi connectivity index (χ1v) is 3.72. The third kappa shape index (κ3) is 0.851. The number of aromatic nitrogens is 6. The number of pyridine rings is 1. The van der Waals surface area contributed by atoms with E-state index < -0.39 is 0 Å². The van der Waals surface area contributed by atoms with Gasteiger partial charge in [-0.15, -0.1) is 10.2 Å². The molecule has 6 nitrogen and oxygen atoms in total. The fourth-order valence-electron chi connectivity index (χ4n) is 1.19. The first-order valence-electron chi connectivity index (χ1n) is 3.72. The van der Waals surface area contributed by atoms with Crippen molar-refractivity contribution in [2.24, 2.45) is 0 Å². The molecule has 3 rings (SSSR count). The predicted octanol–water partition coefficient (Wildman–Crippen LogP) is 0.296. The molecule has 0 saturated carbocycles. The average molecular weight is 172 g/mol. The normalized spacial score (nSPS) is 11.1. The molecule has 1 N–H and O–H groups in total. The zero-order chi connectivity index (χ0) is 8.67. The smallest absolute Gasteiger partial charge is 0.203 e. The van der Waals surface area contributed by atoms with Gasteiger partial charge in [-0.05, 0) is 12.1 Å². The van der Waals surface area contributed by atoms with Crippen molar-refractivity contribution in [2.75, 3.05) is 0 Å². The molecule has 3 aromatic rings. The largest absolute Gasteiger partial charge is 0.203 e. The van der Waals surface area contributed by atoms with Gasteiger partial charge in [-0.1, -0.05) is 0 Å². The number of hydrogen-bond donors (Lipinski definition) is 1. The van der Waals surface area contributed by atoms with Crippen molar-refractivity contribution < 1.29 is 0 Å². The van der Waals surface area contributed by atoms with Crippen molar-refractivity contribution in [3.8, 4) is 0 Å². The zero-order valence-electron chi connectivity index (χ0n) is 6.47. The molecule has 0 bridgehead atoms. The molecule has 0 saturated heterocycles. The Labute approximate surface area is 72.0 Å². The Balaban J connectivity index is 2.57. The first-order chi connectivity index (χ1) is 6.43. The minimum Gasteiger partial charge on any atom is -0.203 e. The molecule has 0 atom stereocenters. The topological polar surface area (TPSA) is 80.2 Å². The fraction of sp³-hybridized carbons (Fsp3) is 0. The summed E-state index contributed by atoms with van der Waals surface area (Å²) in [5, 5.41) is 18.8. The molecule has 0 radical (unpaired) electrons. The maximum Gasteiger partial charge on any atom is 0.203 e. The van der Waals surface area contributed by atoms with E-state index in [0.717, 1.165) is 10.9 Å². The minimum atomic E-state index is 0.563. The van der Waals surface area contributed by atoms with E-state index >= 15 is 0 Å². The van der Waals surface area contributed by atoms with E-state index in [2.05, 4.69) is 30.6 Å². The van der Waals surface area contributed by atoms with Gasteiger partial charge in [0.05, 0.1) is 6.20 Å². The van der Waals surface area contributed by atoms with Crippen molar-refractivity contribution in [3.63, 3.8) is 0 Å². The van der Waals surface area contributed by atoms with Crippen LogP contribution in [-0.2, 0) is 0 Å². The van der Waals surface area contributed by atoms with Gasteiger partial charge >= 0.3 is 0 Å². The molecule has 0 fully saturated rings. The van der Waals surface area contributed by atoms with Crippen LogP contribution in [0.25, 0.3) is 22.2 Å². The van der Waals surface area contributed by atoms with Gasteiger partial charge in [-0.2, -0.15) is 15.4 Å². The summed E-state index contributed by atoms with van der Waals surface area (Å²) in [7, 11) is 0. The van der Waals surface area contributed by atoms with Crippen LogP contribution in [0.5, 0.6) is 0 Å². The zero-order valence-corrected chi connectivity index (χ0v) is 6.47. The van der Waals surface area contributed by atoms with Crippen molar-refractivity contribution in [1.82, 2.24) is 30.6 Å². The van der Waals surface area contributed by atoms with Crippen LogP contribution in [0.15, 0.2) is 18.3 Å². The lowest BCUT2D eigenvalue weighted by molar-refractivity contribution is 0.954. The van der Waals surface area contributed by atoms with Crippen LogP contribution in [0.2, 0.25) is 0 Å². The first kappa shape index (κ1) is 6.41. The van der Waals surface area contributed by atoms with E-state index in [-0.39, 0.29) is 0 Å². The lowest BCUT2D eigenvalue weighted by Gasteiger charge is -1.91. The molecule has 0 unspecified atom stereocenters. The van der Waals surface area contributed by atoms with Crippen LogP contribution in [-0.4, -0.2) is 30.6 Å². The Kier molecular flexibility index (Phi) is 1.08. The molecule has 0 aliphatic heterocycles. The molecule has 0 aliphatic carbocycles. The molecule has 62 valence electrons. The Bertz CT molecular complexity index is 521. The van der Waals surface area contributed by atoms with Crippen molar-refractivity contribution in [2.45, 2.75) is 0 Å². The van der Waals surface area contributed by atoms with Crippen LogP contribution in [0.1, 0.15) is 0 Å². The fourth-order valence-corrected chi connectivity index (χ4v) is 1.19. The Morgan fingerprint density at radius 3 is 3.15 bits per heavy atom. The quantitative estimate of drug-likeness (QED) is 0.527. The minimum absolute atomic E-state index is 0.563. The summed E-state index contributed by atoms with van der Waals surface area (Å²) in [6.45, 7) is 0. The average Bonchev–Trinajstić information content (AvgIpc) is 2.61. The Morgan fingerprint density at radius 1 is 1.15 bits per heavy atom. The molecule has 3 heterocycles. The third-order valence-electron chi connectivity index (χ3n) is 1.79. The highest BCUT2D eigenvalue weighted by Crippen LogP contribution is 2.12. The van der Waals surface area contributed by atoms with Gasteiger partial charge < -0.3 is 0 Å². The number of H-pyrrole nitrogens is 1. The molecule has 0 spiro atoms. The van der Waals surface area contributed by atoms with Crippen LogP contribution < -0.4 is 0 Å². The van der Waals surface area contributed by atoms with Gasteiger partial charge in [0.2, 0.25) is 5.65 Å².